The summed E-state index contributed by atoms with van der Waals surface area (Å²) in [6, 6.07) is 6.96. The number of rotatable bonds is 9. The predicted octanol–water partition coefficient (Wildman–Crippen LogP) is 4.54. The number of halogens is 3. The number of aromatic nitrogens is 3. The predicted molar refractivity (Wildman–Crippen MR) is 124 cm³/mol. The van der Waals surface area contributed by atoms with E-state index in [1.807, 2.05) is 6.92 Å². The lowest BCUT2D eigenvalue weighted by Crippen LogP contribution is -2.37. The molecule has 1 aromatic heterocycles. The molecule has 0 unspecified atom stereocenters. The number of aryl methyl sites for hydroxylation is 2. The fraction of sp³-hybridized carbons (Fsp3) is 0.360. The van der Waals surface area contributed by atoms with Gasteiger partial charge in [-0.25, -0.2) is 9.59 Å². The molecule has 0 amide bonds. The van der Waals surface area contributed by atoms with Gasteiger partial charge in [0.25, 0.3) is 0 Å². The van der Waals surface area contributed by atoms with Gasteiger partial charge >= 0.3 is 17.8 Å². The summed E-state index contributed by atoms with van der Waals surface area (Å²) in [6.45, 7) is 5.25. The number of ether oxygens (including phenoxy) is 1. The van der Waals surface area contributed by atoms with Crippen LogP contribution in [0.4, 0.5) is 13.2 Å². The first-order valence-corrected chi connectivity index (χ1v) is 11.0. The summed E-state index contributed by atoms with van der Waals surface area (Å²) in [6.07, 6.45) is 1.65. The third kappa shape index (κ3) is 6.22. The van der Waals surface area contributed by atoms with Crippen LogP contribution in [0.15, 0.2) is 64.7 Å². The van der Waals surface area contributed by atoms with Gasteiger partial charge in [-0.15, -0.1) is 10.8 Å². The zero-order valence-corrected chi connectivity index (χ0v) is 19.6. The van der Waals surface area contributed by atoms with Crippen molar-refractivity contribution in [3.8, 4) is 5.75 Å². The Balaban J connectivity index is 1.78. The van der Waals surface area contributed by atoms with Crippen molar-refractivity contribution in [2.45, 2.75) is 58.4 Å². The van der Waals surface area contributed by atoms with Gasteiger partial charge in [-0.2, -0.15) is 17.9 Å². The molecule has 35 heavy (non-hydrogen) atoms. The number of hydrogen-bond donors (Lipinski definition) is 1. The van der Waals surface area contributed by atoms with E-state index in [1.54, 1.807) is 24.3 Å². The van der Waals surface area contributed by atoms with E-state index in [1.165, 1.54) is 30.6 Å². The van der Waals surface area contributed by atoms with Gasteiger partial charge in [0.2, 0.25) is 0 Å². The summed E-state index contributed by atoms with van der Waals surface area (Å²) < 4.78 is 47.1. The van der Waals surface area contributed by atoms with Gasteiger partial charge < -0.3 is 9.84 Å². The molecule has 3 rings (SSSR count). The summed E-state index contributed by atoms with van der Waals surface area (Å²) >= 11 is 0. The monoisotopic (exact) mass is 489 g/mol. The molecule has 1 heterocycles. The van der Waals surface area contributed by atoms with E-state index in [-0.39, 0.29) is 5.70 Å². The minimum atomic E-state index is -4.54. The molecule has 0 saturated heterocycles. The first kappa shape index (κ1) is 25.8. The summed E-state index contributed by atoms with van der Waals surface area (Å²) in [5.41, 5.74) is 0.567. The van der Waals surface area contributed by atoms with Gasteiger partial charge in [-0.1, -0.05) is 19.1 Å². The maximum Gasteiger partial charge on any atom is 0.423 e. The fourth-order valence-electron chi connectivity index (χ4n) is 3.36. The number of carbonyl (C=O) groups is 1. The second-order valence-electron chi connectivity index (χ2n) is 8.47. The standard InChI is InChI=1S/C25H26F3N3O4/c1-4-16-30-21(15-10-17-8-13-20(14-9-17)35-24(2,3)22(32)33)29-31(23(30)34)19-7-5-6-18(11-12-19)25(26,27)28/h5,7-9,11-14H,4,10,15-16H2,1-3H3,(H,32,33). The molecule has 1 aliphatic carbocycles. The molecule has 0 bridgehead atoms. The fourth-order valence-corrected chi connectivity index (χ4v) is 3.36. The summed E-state index contributed by atoms with van der Waals surface area (Å²) in [5.74, 6) is -0.151. The Morgan fingerprint density at radius 3 is 2.43 bits per heavy atom. The highest BCUT2D eigenvalue weighted by Crippen LogP contribution is 2.27. The van der Waals surface area contributed by atoms with E-state index in [2.05, 4.69) is 10.8 Å². The number of alkyl halides is 3. The second kappa shape index (κ2) is 10.2. The molecule has 1 N–H and O–H groups in total. The van der Waals surface area contributed by atoms with Crippen LogP contribution in [0, 0.1) is 0 Å². The Bertz CT molecular complexity index is 1270. The van der Waals surface area contributed by atoms with Gasteiger partial charge in [-0.3, -0.25) is 4.57 Å². The highest BCUT2D eigenvalue weighted by Gasteiger charge is 2.32. The molecule has 2 aromatic rings. The lowest BCUT2D eigenvalue weighted by atomic mass is 10.1. The van der Waals surface area contributed by atoms with Crippen molar-refractivity contribution in [1.29, 1.82) is 0 Å². The molecule has 0 saturated carbocycles. The van der Waals surface area contributed by atoms with Gasteiger partial charge in [0, 0.05) is 13.0 Å². The van der Waals surface area contributed by atoms with E-state index in [9.17, 15) is 27.9 Å². The van der Waals surface area contributed by atoms with Crippen LogP contribution in [-0.2, 0) is 24.2 Å². The zero-order valence-electron chi connectivity index (χ0n) is 19.6. The van der Waals surface area contributed by atoms with Crippen molar-refractivity contribution < 1.29 is 27.8 Å². The molecule has 186 valence electrons. The maximum atomic E-state index is 13.0. The second-order valence-corrected chi connectivity index (χ2v) is 8.47. The lowest BCUT2D eigenvalue weighted by Gasteiger charge is -2.21. The Morgan fingerprint density at radius 2 is 1.83 bits per heavy atom. The number of allylic oxidation sites excluding steroid dienone is 5. The SMILES string of the molecule is CCCn1c(CCc2ccc(OC(C)(C)C(=O)O)cc2)nn(C2=CC=C=C(C(F)(F)F)C=C2)c1=O. The topological polar surface area (TPSA) is 86.3 Å². The highest BCUT2D eigenvalue weighted by molar-refractivity contribution is 5.76. The average Bonchev–Trinajstić information content (AvgIpc) is 2.94. The number of hydrogen-bond acceptors (Lipinski definition) is 4. The number of benzene rings is 1. The zero-order chi connectivity index (χ0) is 25.8. The van der Waals surface area contributed by atoms with E-state index < -0.39 is 29.0 Å². The van der Waals surface area contributed by atoms with Crippen molar-refractivity contribution in [2.24, 2.45) is 0 Å². The Labute approximate surface area is 200 Å². The molecule has 10 heteroatoms. The van der Waals surface area contributed by atoms with Crippen molar-refractivity contribution in [3.05, 3.63) is 81.7 Å². The number of carboxylic acids is 1. The van der Waals surface area contributed by atoms with Gasteiger partial charge in [-0.05, 0) is 68.7 Å². The van der Waals surface area contributed by atoms with Crippen molar-refractivity contribution in [2.75, 3.05) is 0 Å². The molecule has 1 aromatic carbocycles. The van der Waals surface area contributed by atoms with E-state index in [0.29, 0.717) is 37.4 Å². The smallest absolute Gasteiger partial charge is 0.423 e. The van der Waals surface area contributed by atoms with Crippen molar-refractivity contribution in [3.63, 3.8) is 0 Å². The summed E-state index contributed by atoms with van der Waals surface area (Å²) in [7, 11) is 0. The molecule has 0 atom stereocenters. The van der Waals surface area contributed by atoms with E-state index in [0.717, 1.165) is 22.4 Å². The molecule has 0 radical (unpaired) electrons. The maximum absolute atomic E-state index is 13.0. The first-order chi connectivity index (χ1) is 16.4. The summed E-state index contributed by atoms with van der Waals surface area (Å²) in [4.78, 5) is 24.2. The van der Waals surface area contributed by atoms with Crippen LogP contribution in [0.1, 0.15) is 38.6 Å². The molecule has 1 aliphatic rings. The third-order valence-electron chi connectivity index (χ3n) is 5.30. The Morgan fingerprint density at radius 1 is 1.14 bits per heavy atom. The first-order valence-electron chi connectivity index (χ1n) is 11.0. The van der Waals surface area contributed by atoms with Crippen LogP contribution in [-0.4, -0.2) is 37.2 Å². The van der Waals surface area contributed by atoms with Gasteiger partial charge in [0.15, 0.2) is 5.60 Å². The van der Waals surface area contributed by atoms with Crippen LogP contribution >= 0.6 is 0 Å². The van der Waals surface area contributed by atoms with Crippen molar-refractivity contribution in [1.82, 2.24) is 14.3 Å². The third-order valence-corrected chi connectivity index (χ3v) is 5.30. The van der Waals surface area contributed by atoms with Gasteiger partial charge in [0.05, 0.1) is 11.3 Å². The van der Waals surface area contributed by atoms with Crippen LogP contribution in [0.3, 0.4) is 0 Å². The lowest BCUT2D eigenvalue weighted by molar-refractivity contribution is -0.152. The quantitative estimate of drug-likeness (QED) is 0.523. The molecular formula is C25H26F3N3O4. The van der Waals surface area contributed by atoms with Crippen LogP contribution in [0.5, 0.6) is 5.75 Å². The minimum Gasteiger partial charge on any atom is -0.478 e. The largest absolute Gasteiger partial charge is 0.478 e. The number of carboxylic acid groups (broad SMARTS) is 1. The molecular weight excluding hydrogens is 463 g/mol. The van der Waals surface area contributed by atoms with Crippen LogP contribution < -0.4 is 10.4 Å². The Kier molecular flexibility index (Phi) is 7.55. The minimum absolute atomic E-state index is 0.209. The molecule has 0 aliphatic heterocycles. The molecule has 0 fully saturated rings. The van der Waals surface area contributed by atoms with E-state index in [4.69, 9.17) is 4.74 Å². The summed E-state index contributed by atoms with van der Waals surface area (Å²) in [5, 5.41) is 13.6. The van der Waals surface area contributed by atoms with Gasteiger partial charge in [0.1, 0.15) is 11.6 Å². The van der Waals surface area contributed by atoms with E-state index >= 15 is 0 Å². The van der Waals surface area contributed by atoms with Crippen LogP contribution in [0.2, 0.25) is 0 Å². The average molecular weight is 489 g/mol. The number of aliphatic carboxylic acids is 1. The van der Waals surface area contributed by atoms with Crippen LogP contribution in [0.25, 0.3) is 5.70 Å². The Hall–Kier alpha value is -3.78. The highest BCUT2D eigenvalue weighted by atomic mass is 19.4. The van der Waals surface area contributed by atoms with Crippen molar-refractivity contribution >= 4 is 11.7 Å². The molecule has 0 spiro atoms. The molecule has 7 nitrogen and oxygen atoms in total. The normalized spacial score (nSPS) is 13.9. The number of nitrogens with zero attached hydrogens (tertiary/aromatic N) is 3.